The maximum atomic E-state index is 12.8. The molecule has 7 heteroatoms. The highest BCUT2D eigenvalue weighted by Gasteiger charge is 2.18. The van der Waals surface area contributed by atoms with Crippen LogP contribution in [-0.2, 0) is 4.79 Å². The van der Waals surface area contributed by atoms with Crippen LogP contribution in [0.15, 0.2) is 60.8 Å². The Morgan fingerprint density at radius 3 is 2.31 bits per heavy atom. The van der Waals surface area contributed by atoms with E-state index in [4.69, 9.17) is 4.74 Å². The minimum absolute atomic E-state index is 0.0264. The number of nitrogens with zero attached hydrogens (tertiary/aromatic N) is 3. The molecular weight excluding hydrogens is 368 g/mol. The smallest absolute Gasteiger partial charge is 0.254 e. The number of aromatic nitrogens is 2. The Balaban J connectivity index is 1.64. The second-order valence-corrected chi connectivity index (χ2v) is 6.53. The minimum atomic E-state index is -0.255. The Hall–Kier alpha value is -3.61. The van der Waals surface area contributed by atoms with Crippen LogP contribution in [0.2, 0.25) is 0 Å². The topological polar surface area (TPSA) is 76.5 Å². The summed E-state index contributed by atoms with van der Waals surface area (Å²) < 4.78 is 6.90. The van der Waals surface area contributed by atoms with Crippen molar-refractivity contribution in [1.29, 1.82) is 0 Å². The molecule has 7 nitrogen and oxygen atoms in total. The largest absolute Gasteiger partial charge is 0.497 e. The number of carbonyl (C=O) groups is 2. The lowest BCUT2D eigenvalue weighted by Gasteiger charge is -2.20. The summed E-state index contributed by atoms with van der Waals surface area (Å²) in [5, 5.41) is 7.06. The fourth-order valence-corrected chi connectivity index (χ4v) is 2.94. The fraction of sp³-hybridized carbons (Fsp3) is 0.227. The van der Waals surface area contributed by atoms with Crippen LogP contribution in [0, 0.1) is 6.92 Å². The summed E-state index contributed by atoms with van der Waals surface area (Å²) in [4.78, 5) is 26.7. The van der Waals surface area contributed by atoms with Gasteiger partial charge < -0.3 is 15.0 Å². The van der Waals surface area contributed by atoms with Crippen LogP contribution in [0.3, 0.4) is 0 Å². The zero-order valence-corrected chi connectivity index (χ0v) is 16.8. The number of carbonyl (C=O) groups excluding carboxylic acids is 2. The Kier molecular flexibility index (Phi) is 6.29. The van der Waals surface area contributed by atoms with Crippen molar-refractivity contribution in [1.82, 2.24) is 14.7 Å². The summed E-state index contributed by atoms with van der Waals surface area (Å²) in [7, 11) is 1.58. The molecule has 0 atom stereocenters. The van der Waals surface area contributed by atoms with Gasteiger partial charge in [-0.3, -0.25) is 9.59 Å². The van der Waals surface area contributed by atoms with Crippen molar-refractivity contribution in [3.05, 3.63) is 72.1 Å². The van der Waals surface area contributed by atoms with Gasteiger partial charge in [-0.2, -0.15) is 5.10 Å². The number of aryl methyl sites for hydroxylation is 1. The van der Waals surface area contributed by atoms with E-state index in [0.29, 0.717) is 23.5 Å². The molecule has 2 amide bonds. The average molecular weight is 392 g/mol. The monoisotopic (exact) mass is 392 g/mol. The van der Waals surface area contributed by atoms with E-state index in [1.807, 2.05) is 32.0 Å². The van der Waals surface area contributed by atoms with Crippen LogP contribution in [0.1, 0.15) is 23.0 Å². The number of amides is 2. The van der Waals surface area contributed by atoms with Gasteiger partial charge >= 0.3 is 0 Å². The number of methoxy groups -OCH3 is 1. The van der Waals surface area contributed by atoms with Gasteiger partial charge in [-0.25, -0.2) is 4.68 Å². The number of hydrogen-bond donors (Lipinski definition) is 1. The van der Waals surface area contributed by atoms with Crippen LogP contribution >= 0.6 is 0 Å². The first-order chi connectivity index (χ1) is 14.0. The zero-order valence-electron chi connectivity index (χ0n) is 16.8. The van der Waals surface area contributed by atoms with Gasteiger partial charge in [-0.1, -0.05) is 0 Å². The summed E-state index contributed by atoms with van der Waals surface area (Å²) in [5.74, 6) is 0.261. The van der Waals surface area contributed by atoms with Gasteiger partial charge in [-0.15, -0.1) is 0 Å². The molecule has 29 heavy (non-hydrogen) atoms. The molecule has 0 bridgehead atoms. The van der Waals surface area contributed by atoms with Crippen molar-refractivity contribution in [2.24, 2.45) is 0 Å². The van der Waals surface area contributed by atoms with Crippen molar-refractivity contribution < 1.29 is 14.3 Å². The van der Waals surface area contributed by atoms with Crippen molar-refractivity contribution >= 4 is 17.5 Å². The van der Waals surface area contributed by atoms with Crippen LogP contribution in [0.5, 0.6) is 5.75 Å². The summed E-state index contributed by atoms with van der Waals surface area (Å²) in [6.07, 6.45) is 1.73. The molecule has 0 saturated carbocycles. The normalized spacial score (nSPS) is 10.4. The Bertz CT molecular complexity index is 978. The number of nitrogens with one attached hydrogen (secondary N) is 1. The van der Waals surface area contributed by atoms with Crippen LogP contribution in [0.4, 0.5) is 5.69 Å². The van der Waals surface area contributed by atoms with E-state index in [0.717, 1.165) is 11.4 Å². The molecule has 3 aromatic rings. The van der Waals surface area contributed by atoms with Gasteiger partial charge in [0.1, 0.15) is 12.3 Å². The molecule has 1 N–H and O–H groups in total. The third-order valence-electron chi connectivity index (χ3n) is 4.57. The van der Waals surface area contributed by atoms with E-state index in [1.54, 1.807) is 54.4 Å². The summed E-state index contributed by atoms with van der Waals surface area (Å²) in [6.45, 7) is 4.21. The van der Waals surface area contributed by atoms with Crippen molar-refractivity contribution in [2.45, 2.75) is 13.8 Å². The molecule has 0 unspecified atom stereocenters. The van der Waals surface area contributed by atoms with E-state index >= 15 is 0 Å². The molecular formula is C22H24N4O3. The first kappa shape index (κ1) is 20.1. The van der Waals surface area contributed by atoms with E-state index in [2.05, 4.69) is 10.4 Å². The zero-order chi connectivity index (χ0) is 20.8. The highest BCUT2D eigenvalue weighted by Crippen LogP contribution is 2.16. The number of anilines is 1. The van der Waals surface area contributed by atoms with E-state index in [9.17, 15) is 9.59 Å². The molecule has 150 valence electrons. The molecule has 3 rings (SSSR count). The number of rotatable bonds is 7. The lowest BCUT2D eigenvalue weighted by atomic mass is 10.1. The van der Waals surface area contributed by atoms with Crippen LogP contribution in [-0.4, -0.2) is 46.7 Å². The molecule has 2 aromatic carbocycles. The Labute approximate surface area is 169 Å². The molecule has 0 spiro atoms. The van der Waals surface area contributed by atoms with Crippen LogP contribution in [0.25, 0.3) is 5.69 Å². The number of ether oxygens (including phenoxy) is 1. The van der Waals surface area contributed by atoms with Crippen molar-refractivity contribution in [3.63, 3.8) is 0 Å². The van der Waals surface area contributed by atoms with Gasteiger partial charge in [0.05, 0.1) is 12.8 Å². The lowest BCUT2D eigenvalue weighted by Crippen LogP contribution is -2.37. The number of benzene rings is 2. The summed E-state index contributed by atoms with van der Waals surface area (Å²) in [5.41, 5.74) is 3.06. The second-order valence-electron chi connectivity index (χ2n) is 6.53. The molecule has 0 aliphatic heterocycles. The maximum absolute atomic E-state index is 12.8. The van der Waals surface area contributed by atoms with Gasteiger partial charge in [-0.05, 0) is 68.4 Å². The first-order valence-electron chi connectivity index (χ1n) is 9.36. The molecule has 0 saturated heterocycles. The maximum Gasteiger partial charge on any atom is 0.254 e. The van der Waals surface area contributed by atoms with E-state index in [-0.39, 0.29) is 18.4 Å². The first-order valence-corrected chi connectivity index (χ1v) is 9.36. The van der Waals surface area contributed by atoms with Crippen molar-refractivity contribution in [2.75, 3.05) is 25.5 Å². The quantitative estimate of drug-likeness (QED) is 0.669. The fourth-order valence-electron chi connectivity index (χ4n) is 2.94. The molecule has 0 fully saturated rings. The second kappa shape index (κ2) is 9.05. The summed E-state index contributed by atoms with van der Waals surface area (Å²) >= 11 is 0. The predicted molar refractivity (Wildman–Crippen MR) is 112 cm³/mol. The highest BCUT2D eigenvalue weighted by molar-refractivity contribution is 5.99. The average Bonchev–Trinajstić information content (AvgIpc) is 3.18. The SMILES string of the molecule is CCN(CC(=O)Nc1ccc(OC)cc1)C(=O)c1ccc(-n2nccc2C)cc1. The highest BCUT2D eigenvalue weighted by atomic mass is 16.5. The van der Waals surface area contributed by atoms with Gasteiger partial charge in [0, 0.05) is 29.7 Å². The van der Waals surface area contributed by atoms with Gasteiger partial charge in [0.2, 0.25) is 5.91 Å². The van der Waals surface area contributed by atoms with E-state index in [1.165, 1.54) is 4.90 Å². The van der Waals surface area contributed by atoms with Crippen LogP contribution < -0.4 is 10.1 Å². The van der Waals surface area contributed by atoms with Crippen molar-refractivity contribution in [3.8, 4) is 11.4 Å². The van der Waals surface area contributed by atoms with E-state index < -0.39 is 0 Å². The molecule has 0 aliphatic rings. The third-order valence-corrected chi connectivity index (χ3v) is 4.57. The van der Waals surface area contributed by atoms with Gasteiger partial charge in [0.25, 0.3) is 5.91 Å². The summed E-state index contributed by atoms with van der Waals surface area (Å²) in [6, 6.07) is 16.2. The Morgan fingerprint density at radius 2 is 1.76 bits per heavy atom. The minimum Gasteiger partial charge on any atom is -0.497 e. The van der Waals surface area contributed by atoms with Gasteiger partial charge in [0.15, 0.2) is 0 Å². The Morgan fingerprint density at radius 1 is 1.07 bits per heavy atom. The molecule has 0 radical (unpaired) electrons. The lowest BCUT2D eigenvalue weighted by molar-refractivity contribution is -0.116. The predicted octanol–water partition coefficient (Wildman–Crippen LogP) is 3.29. The number of hydrogen-bond acceptors (Lipinski definition) is 4. The number of likely N-dealkylation sites (N-methyl/N-ethyl adjacent to an activating group) is 1. The third kappa shape index (κ3) is 4.82. The molecule has 0 aliphatic carbocycles. The molecule has 1 aromatic heterocycles. The molecule has 1 heterocycles. The standard InChI is InChI=1S/C22H24N4O3/c1-4-25(15-21(27)24-18-7-11-20(29-3)12-8-18)22(28)17-5-9-19(10-6-17)26-16(2)13-14-23-26/h5-14H,4,15H2,1-3H3,(H,24,27).